The minimum atomic E-state index is -1.38. The maximum atomic E-state index is 12.4. The van der Waals surface area contributed by atoms with Crippen LogP contribution in [0.5, 0.6) is 0 Å². The molecule has 0 saturated heterocycles. The fourth-order valence-electron chi connectivity index (χ4n) is 2.91. The van der Waals surface area contributed by atoms with Gasteiger partial charge in [-0.25, -0.2) is 4.98 Å². The third kappa shape index (κ3) is 3.50. The summed E-state index contributed by atoms with van der Waals surface area (Å²) in [6.07, 6.45) is 0. The zero-order valence-corrected chi connectivity index (χ0v) is 15.7. The molecular formula is C22H15N2O3S-. The molecule has 0 aliphatic carbocycles. The Hall–Kier alpha value is -3.51. The molecule has 6 heteroatoms. The molecule has 0 spiro atoms. The quantitative estimate of drug-likeness (QED) is 0.576. The fourth-order valence-corrected chi connectivity index (χ4v) is 3.98. The minimum absolute atomic E-state index is 0.0631. The second kappa shape index (κ2) is 7.25. The molecule has 1 amide bonds. The number of nitrogens with zero attached hydrogens (tertiary/aromatic N) is 1. The number of anilines is 1. The van der Waals surface area contributed by atoms with Crippen molar-refractivity contribution in [3.05, 3.63) is 83.4 Å². The molecule has 5 nitrogen and oxygen atoms in total. The highest BCUT2D eigenvalue weighted by molar-refractivity contribution is 7.21. The number of aromatic carboxylic acids is 1. The second-order valence-corrected chi connectivity index (χ2v) is 7.39. The number of carbonyl (C=O) groups excluding carboxylic acids is 2. The minimum Gasteiger partial charge on any atom is -0.545 e. The van der Waals surface area contributed by atoms with Gasteiger partial charge in [0.1, 0.15) is 5.01 Å². The summed E-state index contributed by atoms with van der Waals surface area (Å²) in [6.45, 7) is 2.05. The number of rotatable bonds is 4. The number of hydrogen-bond donors (Lipinski definition) is 1. The lowest BCUT2D eigenvalue weighted by Gasteiger charge is -2.11. The first kappa shape index (κ1) is 17.9. The molecule has 4 aromatic rings. The lowest BCUT2D eigenvalue weighted by Crippen LogP contribution is -2.26. The van der Waals surface area contributed by atoms with Gasteiger partial charge in [0.2, 0.25) is 0 Å². The van der Waals surface area contributed by atoms with Crippen LogP contribution in [0.3, 0.4) is 0 Å². The van der Waals surface area contributed by atoms with E-state index in [4.69, 9.17) is 0 Å². The van der Waals surface area contributed by atoms with Crippen molar-refractivity contribution < 1.29 is 14.7 Å². The molecule has 0 aliphatic rings. The van der Waals surface area contributed by atoms with Crippen LogP contribution in [0.25, 0.3) is 20.8 Å². The average Bonchev–Trinajstić information content (AvgIpc) is 3.11. The predicted octanol–water partition coefficient (Wildman–Crippen LogP) is 3.89. The zero-order valence-electron chi connectivity index (χ0n) is 14.9. The number of thiazole rings is 1. The SMILES string of the molecule is Cc1ccc2nc(-c3ccc(NC(=O)c4ccccc4C(=O)[O-])cc3)sc2c1. The number of carboxylic acid groups (broad SMARTS) is 1. The highest BCUT2D eigenvalue weighted by Crippen LogP contribution is 2.31. The third-order valence-corrected chi connectivity index (χ3v) is 5.39. The maximum absolute atomic E-state index is 12.4. The van der Waals surface area contributed by atoms with Crippen LogP contribution >= 0.6 is 11.3 Å². The van der Waals surface area contributed by atoms with Gasteiger partial charge in [-0.15, -0.1) is 11.3 Å². The first-order valence-electron chi connectivity index (χ1n) is 8.60. The number of carbonyl (C=O) groups is 2. The van der Waals surface area contributed by atoms with Crippen LogP contribution in [0, 0.1) is 6.92 Å². The summed E-state index contributed by atoms with van der Waals surface area (Å²) in [6, 6.07) is 19.4. The van der Waals surface area contributed by atoms with E-state index in [1.54, 1.807) is 35.6 Å². The van der Waals surface area contributed by atoms with Crippen molar-refractivity contribution >= 4 is 39.1 Å². The highest BCUT2D eigenvalue weighted by atomic mass is 32.1. The summed E-state index contributed by atoms with van der Waals surface area (Å²) in [5.74, 6) is -1.88. The molecule has 0 saturated carbocycles. The fraction of sp³-hybridized carbons (Fsp3) is 0.0455. The van der Waals surface area contributed by atoms with E-state index < -0.39 is 11.9 Å². The van der Waals surface area contributed by atoms with Crippen LogP contribution in [-0.2, 0) is 0 Å². The van der Waals surface area contributed by atoms with Crippen LogP contribution < -0.4 is 10.4 Å². The van der Waals surface area contributed by atoms with Crippen molar-refractivity contribution in [2.45, 2.75) is 6.92 Å². The Morgan fingerprint density at radius 3 is 2.39 bits per heavy atom. The molecule has 0 fully saturated rings. The summed E-state index contributed by atoms with van der Waals surface area (Å²) >= 11 is 1.62. The van der Waals surface area contributed by atoms with Gasteiger partial charge in [-0.2, -0.15) is 0 Å². The molecule has 0 aliphatic heterocycles. The Balaban J connectivity index is 1.56. The van der Waals surface area contributed by atoms with Crippen LogP contribution in [-0.4, -0.2) is 16.9 Å². The molecule has 1 aromatic heterocycles. The van der Waals surface area contributed by atoms with Crippen molar-refractivity contribution in [1.29, 1.82) is 0 Å². The van der Waals surface area contributed by atoms with Gasteiger partial charge in [0, 0.05) is 22.4 Å². The molecule has 4 rings (SSSR count). The van der Waals surface area contributed by atoms with Gasteiger partial charge in [-0.1, -0.05) is 24.3 Å². The number of fused-ring (bicyclic) bond motifs is 1. The Labute approximate surface area is 165 Å². The van der Waals surface area contributed by atoms with E-state index in [2.05, 4.69) is 23.3 Å². The molecule has 0 unspecified atom stereocenters. The molecule has 0 radical (unpaired) electrons. The van der Waals surface area contributed by atoms with Gasteiger partial charge in [0.25, 0.3) is 5.91 Å². The van der Waals surface area contributed by atoms with Crippen molar-refractivity contribution in [2.75, 3.05) is 5.32 Å². The van der Waals surface area contributed by atoms with Gasteiger partial charge >= 0.3 is 0 Å². The first-order chi connectivity index (χ1) is 13.5. The lowest BCUT2D eigenvalue weighted by molar-refractivity contribution is -0.255. The van der Waals surface area contributed by atoms with Gasteiger partial charge in [0.05, 0.1) is 16.2 Å². The van der Waals surface area contributed by atoms with E-state index in [0.717, 1.165) is 20.8 Å². The summed E-state index contributed by atoms with van der Waals surface area (Å²) < 4.78 is 1.13. The molecule has 138 valence electrons. The predicted molar refractivity (Wildman–Crippen MR) is 109 cm³/mol. The molecule has 0 bridgehead atoms. The van der Waals surface area contributed by atoms with E-state index in [1.165, 1.54) is 17.7 Å². The van der Waals surface area contributed by atoms with Gasteiger partial charge < -0.3 is 15.2 Å². The molecule has 28 heavy (non-hydrogen) atoms. The standard InChI is InChI=1S/C22H16N2O3S/c1-13-6-11-18-19(12-13)28-21(24-18)14-7-9-15(10-8-14)23-20(25)16-4-2-3-5-17(16)22(26)27/h2-12H,1H3,(H,23,25)(H,26,27)/p-1. The number of amides is 1. The Bertz CT molecular complexity index is 1200. The van der Waals surface area contributed by atoms with Crippen molar-refractivity contribution in [2.24, 2.45) is 0 Å². The van der Waals surface area contributed by atoms with Crippen LogP contribution in [0.2, 0.25) is 0 Å². The molecule has 1 heterocycles. The maximum Gasteiger partial charge on any atom is 0.256 e. The van der Waals surface area contributed by atoms with E-state index in [1.807, 2.05) is 24.3 Å². The van der Waals surface area contributed by atoms with Crippen molar-refractivity contribution in [3.8, 4) is 10.6 Å². The van der Waals surface area contributed by atoms with Gasteiger partial charge in [-0.3, -0.25) is 4.79 Å². The van der Waals surface area contributed by atoms with E-state index >= 15 is 0 Å². The second-order valence-electron chi connectivity index (χ2n) is 6.35. The monoisotopic (exact) mass is 387 g/mol. The summed E-state index contributed by atoms with van der Waals surface area (Å²) in [7, 11) is 0. The van der Waals surface area contributed by atoms with E-state index in [0.29, 0.717) is 5.69 Å². The topological polar surface area (TPSA) is 82.1 Å². The number of aromatic nitrogens is 1. The van der Waals surface area contributed by atoms with E-state index in [-0.39, 0.29) is 11.1 Å². The molecular weight excluding hydrogens is 372 g/mol. The van der Waals surface area contributed by atoms with Gasteiger partial charge in [-0.05, 0) is 55.0 Å². The molecule has 0 atom stereocenters. The number of aryl methyl sites for hydroxylation is 1. The van der Waals surface area contributed by atoms with Crippen LogP contribution in [0.4, 0.5) is 5.69 Å². The van der Waals surface area contributed by atoms with Crippen LogP contribution in [0.1, 0.15) is 26.3 Å². The Morgan fingerprint density at radius 2 is 1.68 bits per heavy atom. The lowest BCUT2D eigenvalue weighted by atomic mass is 10.1. The Kier molecular flexibility index (Phi) is 4.63. The van der Waals surface area contributed by atoms with Crippen molar-refractivity contribution in [1.82, 2.24) is 4.98 Å². The largest absolute Gasteiger partial charge is 0.545 e. The number of carboxylic acids is 1. The molecule has 3 aromatic carbocycles. The number of benzene rings is 3. The summed E-state index contributed by atoms with van der Waals surface area (Å²) in [4.78, 5) is 28.3. The van der Waals surface area contributed by atoms with Gasteiger partial charge in [0.15, 0.2) is 0 Å². The first-order valence-corrected chi connectivity index (χ1v) is 9.42. The van der Waals surface area contributed by atoms with E-state index in [9.17, 15) is 14.7 Å². The average molecular weight is 387 g/mol. The third-order valence-electron chi connectivity index (χ3n) is 4.33. The van der Waals surface area contributed by atoms with Crippen LogP contribution in [0.15, 0.2) is 66.7 Å². The Morgan fingerprint density at radius 1 is 0.964 bits per heavy atom. The smallest absolute Gasteiger partial charge is 0.256 e. The zero-order chi connectivity index (χ0) is 19.7. The van der Waals surface area contributed by atoms with Crippen molar-refractivity contribution in [3.63, 3.8) is 0 Å². The number of hydrogen-bond acceptors (Lipinski definition) is 5. The summed E-state index contributed by atoms with van der Waals surface area (Å²) in [5, 5.41) is 14.8. The highest BCUT2D eigenvalue weighted by Gasteiger charge is 2.12. The summed E-state index contributed by atoms with van der Waals surface area (Å²) in [5.41, 5.74) is 3.60. The number of nitrogens with one attached hydrogen (secondary N) is 1. The normalized spacial score (nSPS) is 10.8. The molecule has 1 N–H and O–H groups in total.